The molecule has 0 bridgehead atoms. The van der Waals surface area contributed by atoms with E-state index in [0.717, 1.165) is 22.5 Å². The van der Waals surface area contributed by atoms with Crippen LogP contribution < -0.4 is 23.3 Å². The van der Waals surface area contributed by atoms with Crippen molar-refractivity contribution in [3.63, 3.8) is 0 Å². The third kappa shape index (κ3) is 5.97. The van der Waals surface area contributed by atoms with Gasteiger partial charge in [0.25, 0.3) is 0 Å². The lowest BCUT2D eigenvalue weighted by atomic mass is 10.1. The highest BCUT2D eigenvalue weighted by atomic mass is 35.7. The Hall–Kier alpha value is -1.06. The van der Waals surface area contributed by atoms with Crippen LogP contribution in [0.2, 0.25) is 20.1 Å². The molecule has 0 atom stereocenters. The molecule has 3 aromatic rings. The Morgan fingerprint density at radius 3 is 1.64 bits per heavy atom. The summed E-state index contributed by atoms with van der Waals surface area (Å²) in [6, 6.07) is 13.0. The normalized spacial score (nSPS) is 11.2. The summed E-state index contributed by atoms with van der Waals surface area (Å²) in [7, 11) is -1.01. The van der Waals surface area contributed by atoms with E-state index >= 15 is 0 Å². The van der Waals surface area contributed by atoms with E-state index in [2.05, 4.69) is 0 Å². The number of rotatable bonds is 2. The first kappa shape index (κ1) is 23.2. The molecule has 28 heavy (non-hydrogen) atoms. The Kier molecular flexibility index (Phi) is 7.61. The SMILES string of the molecule is Cn1c(-c2ccc(Cl)cc2Cl)cc(-c2ccc(Cl)cc2Cl)[n+]1C.[O-][Cl+3]([O-])([O-])[O-]. The fourth-order valence-corrected chi connectivity index (χ4v) is 3.55. The minimum absolute atomic E-state index is 0.604. The molecule has 0 saturated carbocycles. The van der Waals surface area contributed by atoms with Crippen LogP contribution in [-0.4, -0.2) is 4.68 Å². The number of hydrogen-bond donors (Lipinski definition) is 0. The highest BCUT2D eigenvalue weighted by Gasteiger charge is 2.23. The van der Waals surface area contributed by atoms with E-state index in [9.17, 15) is 0 Å². The number of halogens is 5. The smallest absolute Gasteiger partial charge is 0.222 e. The summed E-state index contributed by atoms with van der Waals surface area (Å²) in [6.45, 7) is 0. The van der Waals surface area contributed by atoms with Crippen LogP contribution in [0.1, 0.15) is 0 Å². The maximum Gasteiger partial charge on any atom is 0.240 e. The van der Waals surface area contributed by atoms with Gasteiger partial charge in [0.05, 0.1) is 22.7 Å². The summed E-state index contributed by atoms with van der Waals surface area (Å²) in [5.41, 5.74) is 3.75. The van der Waals surface area contributed by atoms with Gasteiger partial charge in [-0.3, -0.25) is 0 Å². The number of nitrogens with zero attached hydrogens (tertiary/aromatic N) is 2. The zero-order chi connectivity index (χ0) is 21.2. The van der Waals surface area contributed by atoms with Gasteiger partial charge >= 0.3 is 0 Å². The van der Waals surface area contributed by atoms with Crippen molar-refractivity contribution >= 4 is 46.4 Å². The lowest BCUT2D eigenvalue weighted by Gasteiger charge is -2.17. The van der Waals surface area contributed by atoms with Crippen molar-refractivity contribution < 1.29 is 33.6 Å². The van der Waals surface area contributed by atoms with E-state index in [4.69, 9.17) is 65.0 Å². The number of aromatic nitrogens is 2. The van der Waals surface area contributed by atoms with Gasteiger partial charge in [-0.25, -0.2) is 18.6 Å². The van der Waals surface area contributed by atoms with Crippen molar-refractivity contribution in [2.75, 3.05) is 0 Å². The average molecular weight is 487 g/mol. The monoisotopic (exact) mass is 484 g/mol. The molecular formula is C17H13Cl5N2O4. The summed E-state index contributed by atoms with van der Waals surface area (Å²) in [6.07, 6.45) is 0. The molecular weight excluding hydrogens is 473 g/mol. The quantitative estimate of drug-likeness (QED) is 0.505. The van der Waals surface area contributed by atoms with Gasteiger partial charge < -0.3 is 0 Å². The van der Waals surface area contributed by atoms with Crippen LogP contribution in [0.15, 0.2) is 42.5 Å². The average Bonchev–Trinajstić information content (AvgIpc) is 2.82. The molecule has 0 unspecified atom stereocenters. The second kappa shape index (κ2) is 9.17. The first-order valence-electron chi connectivity index (χ1n) is 7.47. The first-order chi connectivity index (χ1) is 12.9. The molecule has 3 rings (SSSR count). The third-order valence-electron chi connectivity index (χ3n) is 3.83. The fraction of sp³-hybridized carbons (Fsp3) is 0.118. The molecule has 0 aliphatic carbocycles. The second-order valence-electron chi connectivity index (χ2n) is 5.59. The van der Waals surface area contributed by atoms with Crippen molar-refractivity contribution in [3.8, 4) is 22.5 Å². The van der Waals surface area contributed by atoms with Crippen LogP contribution in [0.3, 0.4) is 0 Å². The van der Waals surface area contributed by atoms with Crippen molar-refractivity contribution in [3.05, 3.63) is 62.6 Å². The zero-order valence-electron chi connectivity index (χ0n) is 14.5. The summed E-state index contributed by atoms with van der Waals surface area (Å²) >= 11 is 24.7. The Bertz CT molecular complexity index is 924. The van der Waals surface area contributed by atoms with Crippen molar-refractivity contribution in [1.82, 2.24) is 4.68 Å². The maximum absolute atomic E-state index is 8.49. The predicted octanol–water partition coefficient (Wildman–Crippen LogP) is 1.04. The van der Waals surface area contributed by atoms with Gasteiger partial charge in [-0.1, -0.05) is 46.4 Å². The Morgan fingerprint density at radius 1 is 0.786 bits per heavy atom. The van der Waals surface area contributed by atoms with Crippen molar-refractivity contribution in [2.24, 2.45) is 14.1 Å². The maximum atomic E-state index is 8.49. The molecule has 0 amide bonds. The zero-order valence-corrected chi connectivity index (χ0v) is 18.2. The van der Waals surface area contributed by atoms with Gasteiger partial charge in [0, 0.05) is 21.7 Å². The molecule has 2 aromatic carbocycles. The summed E-state index contributed by atoms with van der Waals surface area (Å²) in [5.74, 6) is 0. The molecule has 6 nitrogen and oxygen atoms in total. The first-order valence-corrected chi connectivity index (χ1v) is 10.2. The molecule has 0 N–H and O–H groups in total. The third-order valence-corrected chi connectivity index (χ3v) is 4.93. The molecule has 0 radical (unpaired) electrons. The molecule has 0 spiro atoms. The molecule has 1 aromatic heterocycles. The lowest BCUT2D eigenvalue weighted by Crippen LogP contribution is -2.68. The van der Waals surface area contributed by atoms with Crippen molar-refractivity contribution in [2.45, 2.75) is 0 Å². The van der Waals surface area contributed by atoms with E-state index in [1.54, 1.807) is 12.1 Å². The molecule has 0 fully saturated rings. The highest BCUT2D eigenvalue weighted by Crippen LogP contribution is 2.34. The topological polar surface area (TPSA) is 101 Å². The van der Waals surface area contributed by atoms with Gasteiger partial charge in [0.1, 0.15) is 5.69 Å². The largest absolute Gasteiger partial charge is 0.240 e. The molecule has 0 aliphatic rings. The Labute approximate surface area is 183 Å². The van der Waals surface area contributed by atoms with Crippen LogP contribution >= 0.6 is 46.4 Å². The van der Waals surface area contributed by atoms with Gasteiger partial charge in [0.15, 0.2) is 7.05 Å². The van der Waals surface area contributed by atoms with Crippen LogP contribution in [0.4, 0.5) is 0 Å². The van der Waals surface area contributed by atoms with Gasteiger partial charge in [-0.2, -0.15) is 4.68 Å². The minimum atomic E-state index is -4.94. The predicted molar refractivity (Wildman–Crippen MR) is 97.5 cm³/mol. The van der Waals surface area contributed by atoms with Crippen LogP contribution in [0.25, 0.3) is 22.5 Å². The minimum Gasteiger partial charge on any atom is -0.222 e. The summed E-state index contributed by atoms with van der Waals surface area (Å²) in [4.78, 5) is 0. The Balaban J connectivity index is 0.000000500. The lowest BCUT2D eigenvalue weighted by molar-refractivity contribution is -2.00. The second-order valence-corrected chi connectivity index (χ2v) is 8.03. The van der Waals surface area contributed by atoms with Gasteiger partial charge in [0.2, 0.25) is 5.69 Å². The van der Waals surface area contributed by atoms with E-state index in [-0.39, 0.29) is 0 Å². The molecule has 150 valence electrons. The highest BCUT2D eigenvalue weighted by molar-refractivity contribution is 6.37. The molecule has 11 heteroatoms. The molecule has 0 aliphatic heterocycles. The molecule has 0 saturated heterocycles. The summed E-state index contributed by atoms with van der Waals surface area (Å²) < 4.78 is 38.0. The van der Waals surface area contributed by atoms with E-state index in [1.807, 2.05) is 53.8 Å². The molecule has 1 heterocycles. The van der Waals surface area contributed by atoms with Crippen LogP contribution in [0, 0.1) is 10.2 Å². The van der Waals surface area contributed by atoms with E-state index < -0.39 is 10.2 Å². The summed E-state index contributed by atoms with van der Waals surface area (Å²) in [5, 5.41) is 2.43. The standard InChI is InChI=1S/C17H13Cl4N2.ClHO4/c1-22-16(12-5-3-10(18)7-14(12)20)9-17(23(22)2)13-6-4-11(19)8-15(13)21;2-1(3,4)5/h3-9H,1-2H3;(H,2,3,4,5)/q+1;/p-1. The van der Waals surface area contributed by atoms with E-state index in [0.29, 0.717) is 20.1 Å². The Morgan fingerprint density at radius 2 is 1.21 bits per heavy atom. The number of hydrogen-bond acceptors (Lipinski definition) is 4. The van der Waals surface area contributed by atoms with Gasteiger partial charge in [-0.15, -0.1) is 14.9 Å². The van der Waals surface area contributed by atoms with Crippen LogP contribution in [-0.2, 0) is 14.1 Å². The fourth-order valence-electron chi connectivity index (χ4n) is 2.54. The number of benzene rings is 2. The van der Waals surface area contributed by atoms with Crippen molar-refractivity contribution in [1.29, 1.82) is 0 Å². The van der Waals surface area contributed by atoms with Gasteiger partial charge in [-0.05, 0) is 36.4 Å². The van der Waals surface area contributed by atoms with E-state index in [1.165, 1.54) is 0 Å². The van der Waals surface area contributed by atoms with Crippen LogP contribution in [0.5, 0.6) is 0 Å².